The number of amides is 1. The number of ether oxygens (including phenoxy) is 1. The van der Waals surface area contributed by atoms with Crippen LogP contribution in [-0.4, -0.2) is 43.3 Å². The van der Waals surface area contributed by atoms with Gasteiger partial charge in [0.2, 0.25) is 5.91 Å². The zero-order chi connectivity index (χ0) is 20.6. The van der Waals surface area contributed by atoms with Crippen LogP contribution in [-0.2, 0) is 11.3 Å². The molecule has 0 radical (unpaired) electrons. The molecule has 0 spiro atoms. The monoisotopic (exact) mass is 394 g/mol. The van der Waals surface area contributed by atoms with Crippen molar-refractivity contribution in [3.05, 3.63) is 59.7 Å². The zero-order valence-electron chi connectivity index (χ0n) is 17.4. The lowest BCUT2D eigenvalue weighted by Gasteiger charge is -2.24. The first-order valence-electron chi connectivity index (χ1n) is 10.4. The molecule has 5 nitrogen and oxygen atoms in total. The number of carbonyl (C=O) groups is 2. The number of hydrogen-bond acceptors (Lipinski definition) is 4. The highest BCUT2D eigenvalue weighted by Crippen LogP contribution is 2.25. The van der Waals surface area contributed by atoms with E-state index in [1.807, 2.05) is 20.0 Å². The quantitative estimate of drug-likeness (QED) is 0.595. The summed E-state index contributed by atoms with van der Waals surface area (Å²) in [5.41, 5.74) is 2.99. The molecule has 5 heteroatoms. The normalized spacial score (nSPS) is 13.4. The Balaban J connectivity index is 1.54. The summed E-state index contributed by atoms with van der Waals surface area (Å²) >= 11 is 0. The van der Waals surface area contributed by atoms with Crippen molar-refractivity contribution in [3.63, 3.8) is 0 Å². The molecular weight excluding hydrogens is 364 g/mol. The van der Waals surface area contributed by atoms with Crippen molar-refractivity contribution in [1.82, 2.24) is 4.90 Å². The molecule has 3 rings (SSSR count). The van der Waals surface area contributed by atoms with Gasteiger partial charge in [-0.15, -0.1) is 0 Å². The van der Waals surface area contributed by atoms with Gasteiger partial charge in [0.1, 0.15) is 5.75 Å². The van der Waals surface area contributed by atoms with Gasteiger partial charge in [-0.25, -0.2) is 0 Å². The van der Waals surface area contributed by atoms with Crippen molar-refractivity contribution in [2.75, 3.05) is 31.6 Å². The van der Waals surface area contributed by atoms with Gasteiger partial charge < -0.3 is 14.5 Å². The zero-order valence-corrected chi connectivity index (χ0v) is 17.4. The van der Waals surface area contributed by atoms with E-state index in [9.17, 15) is 9.59 Å². The Bertz CT molecular complexity index is 826. The number of rotatable bonds is 9. The number of ketones is 1. The molecule has 1 saturated heterocycles. The van der Waals surface area contributed by atoms with E-state index in [0.717, 1.165) is 24.4 Å². The Morgan fingerprint density at radius 2 is 1.69 bits per heavy atom. The van der Waals surface area contributed by atoms with Crippen LogP contribution in [0.1, 0.15) is 48.5 Å². The molecule has 0 saturated carbocycles. The van der Waals surface area contributed by atoms with Gasteiger partial charge in [0.25, 0.3) is 0 Å². The number of Topliss-reactive ketones (excluding diaryl/α,β-unsaturated/α-hetero) is 1. The fourth-order valence-electron chi connectivity index (χ4n) is 3.71. The minimum Gasteiger partial charge on any atom is -0.494 e. The fraction of sp³-hybridized carbons (Fsp3) is 0.417. The van der Waals surface area contributed by atoms with E-state index in [0.29, 0.717) is 18.7 Å². The van der Waals surface area contributed by atoms with E-state index >= 15 is 0 Å². The number of nitrogens with zero attached hydrogens (tertiary/aromatic N) is 2. The molecule has 0 atom stereocenters. The highest BCUT2D eigenvalue weighted by molar-refractivity contribution is 5.98. The molecule has 154 valence electrons. The molecule has 0 aliphatic carbocycles. The van der Waals surface area contributed by atoms with Crippen LogP contribution in [0.3, 0.4) is 0 Å². The van der Waals surface area contributed by atoms with Gasteiger partial charge in [-0.05, 0) is 55.7 Å². The lowest BCUT2D eigenvalue weighted by Crippen LogP contribution is -2.28. The van der Waals surface area contributed by atoms with Crippen LogP contribution < -0.4 is 9.64 Å². The van der Waals surface area contributed by atoms with E-state index in [4.69, 9.17) is 4.74 Å². The third kappa shape index (κ3) is 5.59. The summed E-state index contributed by atoms with van der Waals surface area (Å²) in [4.78, 5) is 29.1. The van der Waals surface area contributed by atoms with Gasteiger partial charge in [-0.3, -0.25) is 9.59 Å². The maximum atomic E-state index is 12.6. The van der Waals surface area contributed by atoms with E-state index in [1.165, 1.54) is 18.5 Å². The maximum absolute atomic E-state index is 12.6. The summed E-state index contributed by atoms with van der Waals surface area (Å²) in [5.74, 6) is 0.712. The number of carbonyl (C=O) groups excluding carboxylic acids is 2. The minimum atomic E-state index is -0.0211. The van der Waals surface area contributed by atoms with Crippen LogP contribution in [0.5, 0.6) is 5.75 Å². The van der Waals surface area contributed by atoms with Crippen LogP contribution in [0.2, 0.25) is 0 Å². The van der Waals surface area contributed by atoms with Gasteiger partial charge in [-0.1, -0.05) is 18.2 Å². The second kappa shape index (κ2) is 10.1. The molecule has 1 amide bonds. The van der Waals surface area contributed by atoms with E-state index in [2.05, 4.69) is 23.1 Å². The molecular formula is C24H30N2O3. The lowest BCUT2D eigenvalue weighted by atomic mass is 10.1. The summed E-state index contributed by atoms with van der Waals surface area (Å²) in [6.07, 6.45) is 2.87. The SMILES string of the molecule is CCOc1ccc(C(=O)CCC(=O)N(C)Cc2ccccc2N2CCCC2)cc1. The highest BCUT2D eigenvalue weighted by Gasteiger charge is 2.18. The molecule has 0 N–H and O–H groups in total. The molecule has 2 aromatic carbocycles. The number of hydrogen-bond donors (Lipinski definition) is 0. The Hall–Kier alpha value is -2.82. The minimum absolute atomic E-state index is 0.0134. The van der Waals surface area contributed by atoms with Crippen molar-refractivity contribution >= 4 is 17.4 Å². The van der Waals surface area contributed by atoms with Gasteiger partial charge in [0, 0.05) is 50.8 Å². The first kappa shape index (κ1) is 20.9. The largest absolute Gasteiger partial charge is 0.494 e. The van der Waals surface area contributed by atoms with Gasteiger partial charge in [0.15, 0.2) is 5.78 Å². The average molecular weight is 395 g/mol. The summed E-state index contributed by atoms with van der Waals surface area (Å²) in [6.45, 7) is 5.22. The topological polar surface area (TPSA) is 49.9 Å². The van der Waals surface area contributed by atoms with Crippen LogP contribution in [0, 0.1) is 0 Å². The lowest BCUT2D eigenvalue weighted by molar-refractivity contribution is -0.130. The van der Waals surface area contributed by atoms with E-state index in [1.54, 1.807) is 29.2 Å². The smallest absolute Gasteiger partial charge is 0.223 e. The summed E-state index contributed by atoms with van der Waals surface area (Å²) in [5, 5.41) is 0. The third-order valence-electron chi connectivity index (χ3n) is 5.32. The van der Waals surface area contributed by atoms with Crippen molar-refractivity contribution in [2.45, 2.75) is 39.2 Å². The van der Waals surface area contributed by atoms with E-state index < -0.39 is 0 Å². The standard InChI is InChI=1S/C24H30N2O3/c1-3-29-21-12-10-19(11-13-21)23(27)14-15-24(28)25(2)18-20-8-4-5-9-22(20)26-16-6-7-17-26/h4-5,8-13H,3,6-7,14-18H2,1-2H3. The molecule has 0 aromatic heterocycles. The maximum Gasteiger partial charge on any atom is 0.223 e. The van der Waals surface area contributed by atoms with Gasteiger partial charge >= 0.3 is 0 Å². The predicted octanol–water partition coefficient (Wildman–Crippen LogP) is 4.31. The Morgan fingerprint density at radius 1 is 1.00 bits per heavy atom. The molecule has 1 fully saturated rings. The number of para-hydroxylation sites is 1. The Kier molecular flexibility index (Phi) is 7.28. The summed E-state index contributed by atoms with van der Waals surface area (Å²) < 4.78 is 5.40. The van der Waals surface area contributed by atoms with E-state index in [-0.39, 0.29) is 24.5 Å². The fourth-order valence-corrected chi connectivity index (χ4v) is 3.71. The highest BCUT2D eigenvalue weighted by atomic mass is 16.5. The predicted molar refractivity (Wildman–Crippen MR) is 116 cm³/mol. The third-order valence-corrected chi connectivity index (χ3v) is 5.32. The number of anilines is 1. The molecule has 1 aliphatic rings. The Labute approximate surface area is 173 Å². The second-order valence-electron chi connectivity index (χ2n) is 7.45. The first-order valence-corrected chi connectivity index (χ1v) is 10.4. The van der Waals surface area contributed by atoms with Gasteiger partial charge in [0.05, 0.1) is 6.61 Å². The molecule has 1 heterocycles. The molecule has 0 bridgehead atoms. The number of benzene rings is 2. The van der Waals surface area contributed by atoms with Crippen LogP contribution in [0.25, 0.3) is 0 Å². The summed E-state index contributed by atoms with van der Waals surface area (Å²) in [7, 11) is 1.81. The van der Waals surface area contributed by atoms with Gasteiger partial charge in [-0.2, -0.15) is 0 Å². The van der Waals surface area contributed by atoms with Crippen LogP contribution in [0.4, 0.5) is 5.69 Å². The van der Waals surface area contributed by atoms with Crippen molar-refractivity contribution < 1.29 is 14.3 Å². The summed E-state index contributed by atoms with van der Waals surface area (Å²) in [6, 6.07) is 15.4. The van der Waals surface area contributed by atoms with Crippen LogP contribution >= 0.6 is 0 Å². The molecule has 2 aromatic rings. The molecule has 29 heavy (non-hydrogen) atoms. The van der Waals surface area contributed by atoms with Crippen molar-refractivity contribution in [1.29, 1.82) is 0 Å². The second-order valence-corrected chi connectivity index (χ2v) is 7.45. The molecule has 1 aliphatic heterocycles. The molecule has 0 unspecified atom stereocenters. The first-order chi connectivity index (χ1) is 14.1. The Morgan fingerprint density at radius 3 is 2.38 bits per heavy atom. The van der Waals surface area contributed by atoms with Crippen molar-refractivity contribution in [2.24, 2.45) is 0 Å². The van der Waals surface area contributed by atoms with Crippen LogP contribution in [0.15, 0.2) is 48.5 Å². The average Bonchev–Trinajstić information content (AvgIpc) is 3.27. The van der Waals surface area contributed by atoms with Crippen molar-refractivity contribution in [3.8, 4) is 5.75 Å².